The fraction of sp³-hybridized carbons (Fsp3) is 0.263. The number of nitrogens with one attached hydrogen (secondary N) is 3. The number of hydrogen-bond donors (Lipinski definition) is 3. The van der Waals surface area contributed by atoms with E-state index in [-0.39, 0.29) is 11.7 Å². The van der Waals surface area contributed by atoms with Gasteiger partial charge in [-0.1, -0.05) is 0 Å². The van der Waals surface area contributed by atoms with Crippen molar-refractivity contribution in [2.45, 2.75) is 13.0 Å². The topological polar surface area (TPSA) is 98.4 Å². The minimum Gasteiger partial charge on any atom is -0.353 e. The van der Waals surface area contributed by atoms with Gasteiger partial charge >= 0.3 is 0 Å². The number of fused-ring (bicyclic) bond motifs is 1. The number of aromatic amines is 2. The molecule has 1 aliphatic heterocycles. The minimum atomic E-state index is -0.394. The Bertz CT molecular complexity index is 1130. The van der Waals surface area contributed by atoms with Crippen LogP contribution < -0.4 is 10.2 Å². The van der Waals surface area contributed by atoms with Crippen molar-refractivity contribution in [3.63, 3.8) is 0 Å². The fourth-order valence-electron chi connectivity index (χ4n) is 3.60. The van der Waals surface area contributed by atoms with Crippen molar-refractivity contribution >= 4 is 16.9 Å². The number of aryl methyl sites for hydroxylation is 1. The van der Waals surface area contributed by atoms with Gasteiger partial charge in [0, 0.05) is 31.2 Å². The molecule has 9 heteroatoms. The maximum atomic E-state index is 14.6. The Labute approximate surface area is 160 Å². The molecule has 28 heavy (non-hydrogen) atoms. The van der Waals surface area contributed by atoms with Gasteiger partial charge in [-0.25, -0.2) is 14.4 Å². The smallest absolute Gasteiger partial charge is 0.181 e. The number of hydrogen-bond acceptors (Lipinski definition) is 6. The second-order valence-corrected chi connectivity index (χ2v) is 6.89. The highest BCUT2D eigenvalue weighted by atomic mass is 19.1. The van der Waals surface area contributed by atoms with Crippen molar-refractivity contribution in [1.82, 2.24) is 35.7 Å². The van der Waals surface area contributed by atoms with Crippen LogP contribution in [0.1, 0.15) is 17.4 Å². The highest BCUT2D eigenvalue weighted by molar-refractivity contribution is 5.89. The maximum Gasteiger partial charge on any atom is 0.181 e. The predicted molar refractivity (Wildman–Crippen MR) is 103 cm³/mol. The summed E-state index contributed by atoms with van der Waals surface area (Å²) in [7, 11) is 0. The van der Waals surface area contributed by atoms with E-state index in [1.807, 2.05) is 19.1 Å². The number of nitrogens with zero attached hydrogens (tertiary/aromatic N) is 5. The second-order valence-electron chi connectivity index (χ2n) is 6.89. The molecule has 0 amide bonds. The van der Waals surface area contributed by atoms with Gasteiger partial charge in [-0.05, 0) is 37.3 Å². The van der Waals surface area contributed by atoms with Gasteiger partial charge in [0.1, 0.15) is 11.5 Å². The Hall–Kier alpha value is -3.33. The molecule has 0 radical (unpaired) electrons. The van der Waals surface area contributed by atoms with E-state index in [0.29, 0.717) is 17.9 Å². The van der Waals surface area contributed by atoms with Crippen molar-refractivity contribution in [3.8, 4) is 11.4 Å². The lowest BCUT2D eigenvalue weighted by molar-refractivity contribution is 0.460. The summed E-state index contributed by atoms with van der Waals surface area (Å²) in [5, 5.41) is 18.6. The van der Waals surface area contributed by atoms with Gasteiger partial charge in [0.2, 0.25) is 0 Å². The molecule has 1 aliphatic rings. The molecule has 0 aliphatic carbocycles. The zero-order chi connectivity index (χ0) is 19.1. The minimum absolute atomic E-state index is 0.113. The first-order valence-corrected chi connectivity index (χ1v) is 9.15. The molecule has 0 bridgehead atoms. The summed E-state index contributed by atoms with van der Waals surface area (Å²) < 4.78 is 14.6. The standard InChI is InChI=1S/C19H19FN8/c1-11-9-14(25-24-11)15-10-28(8-7-21-15)16-5-4-13(20)18(23-16)17-12-3-2-6-22-19(12)27-26-17/h2-6,9,15,21H,7-8,10H2,1H3,(H,24,25)(H,22,26,27)/t15-/m0/s1. The molecule has 1 saturated heterocycles. The molecule has 142 valence electrons. The molecule has 0 saturated carbocycles. The number of halogens is 1. The Morgan fingerprint density at radius 1 is 1.18 bits per heavy atom. The van der Waals surface area contributed by atoms with Crippen LogP contribution in [0, 0.1) is 12.7 Å². The summed E-state index contributed by atoms with van der Waals surface area (Å²) >= 11 is 0. The van der Waals surface area contributed by atoms with Gasteiger partial charge in [0.05, 0.1) is 23.1 Å². The molecule has 4 aromatic heterocycles. The van der Waals surface area contributed by atoms with Gasteiger partial charge in [0.25, 0.3) is 0 Å². The van der Waals surface area contributed by atoms with E-state index in [9.17, 15) is 4.39 Å². The Kier molecular flexibility index (Phi) is 4.01. The molecular formula is C19H19FN8. The molecule has 4 aromatic rings. The maximum absolute atomic E-state index is 14.6. The van der Waals surface area contributed by atoms with Crippen LogP contribution in [0.2, 0.25) is 0 Å². The van der Waals surface area contributed by atoms with Gasteiger partial charge in [0.15, 0.2) is 11.5 Å². The summed E-state index contributed by atoms with van der Waals surface area (Å²) in [5.74, 6) is 0.333. The van der Waals surface area contributed by atoms with E-state index in [2.05, 4.69) is 40.6 Å². The monoisotopic (exact) mass is 378 g/mol. The Balaban J connectivity index is 1.48. The normalized spacial score (nSPS) is 17.4. The Morgan fingerprint density at radius 2 is 2.11 bits per heavy atom. The van der Waals surface area contributed by atoms with E-state index in [0.717, 1.165) is 35.7 Å². The average Bonchev–Trinajstić information content (AvgIpc) is 3.35. The summed E-state index contributed by atoms with van der Waals surface area (Å²) in [6.45, 7) is 4.25. The molecule has 3 N–H and O–H groups in total. The van der Waals surface area contributed by atoms with Crippen molar-refractivity contribution in [2.75, 3.05) is 24.5 Å². The first kappa shape index (κ1) is 16.8. The van der Waals surface area contributed by atoms with E-state index in [4.69, 9.17) is 0 Å². The molecule has 1 fully saturated rings. The second kappa shape index (κ2) is 6.68. The van der Waals surface area contributed by atoms with Crippen LogP contribution in [0.3, 0.4) is 0 Å². The number of rotatable bonds is 3. The first-order chi connectivity index (χ1) is 13.7. The number of H-pyrrole nitrogens is 2. The van der Waals surface area contributed by atoms with Crippen molar-refractivity contribution in [3.05, 3.63) is 53.7 Å². The number of anilines is 1. The molecule has 0 unspecified atom stereocenters. The van der Waals surface area contributed by atoms with Gasteiger partial charge in [-0.2, -0.15) is 10.2 Å². The summed E-state index contributed by atoms with van der Waals surface area (Å²) in [4.78, 5) is 11.0. The quantitative estimate of drug-likeness (QED) is 0.506. The molecule has 8 nitrogen and oxygen atoms in total. The third-order valence-electron chi connectivity index (χ3n) is 5.00. The lowest BCUT2D eigenvalue weighted by Crippen LogP contribution is -2.46. The SMILES string of the molecule is Cc1cc([C@@H]2CN(c3ccc(F)c(-c4[nH]nc5ncccc45)n3)CCN2)[nH]n1. The molecule has 5 heterocycles. The van der Waals surface area contributed by atoms with Crippen LogP contribution in [0.5, 0.6) is 0 Å². The lowest BCUT2D eigenvalue weighted by Gasteiger charge is -2.34. The first-order valence-electron chi connectivity index (χ1n) is 9.15. The number of piperazine rings is 1. The van der Waals surface area contributed by atoms with Gasteiger partial charge < -0.3 is 10.2 Å². The highest BCUT2D eigenvalue weighted by Gasteiger charge is 2.24. The van der Waals surface area contributed by atoms with E-state index >= 15 is 0 Å². The van der Waals surface area contributed by atoms with Crippen molar-refractivity contribution in [1.29, 1.82) is 0 Å². The molecule has 0 spiro atoms. The summed E-state index contributed by atoms with van der Waals surface area (Å²) in [6.07, 6.45) is 1.66. The largest absolute Gasteiger partial charge is 0.353 e. The van der Waals surface area contributed by atoms with Crippen molar-refractivity contribution < 1.29 is 4.39 Å². The lowest BCUT2D eigenvalue weighted by atomic mass is 10.1. The Morgan fingerprint density at radius 3 is 2.96 bits per heavy atom. The van der Waals surface area contributed by atoms with Crippen molar-refractivity contribution in [2.24, 2.45) is 0 Å². The molecule has 1 atom stereocenters. The summed E-state index contributed by atoms with van der Waals surface area (Å²) in [6, 6.07) is 8.98. The number of pyridine rings is 2. The fourth-order valence-corrected chi connectivity index (χ4v) is 3.60. The number of aromatic nitrogens is 6. The van der Waals surface area contributed by atoms with E-state index < -0.39 is 5.82 Å². The highest BCUT2D eigenvalue weighted by Crippen LogP contribution is 2.29. The van der Waals surface area contributed by atoms with Crippen LogP contribution in [0.25, 0.3) is 22.4 Å². The molecule has 5 rings (SSSR count). The van der Waals surface area contributed by atoms with Crippen LogP contribution in [-0.2, 0) is 0 Å². The summed E-state index contributed by atoms with van der Waals surface area (Å²) in [5.41, 5.74) is 3.32. The van der Waals surface area contributed by atoms with E-state index in [1.165, 1.54) is 6.07 Å². The zero-order valence-electron chi connectivity index (χ0n) is 15.3. The van der Waals surface area contributed by atoms with Gasteiger partial charge in [-0.3, -0.25) is 10.2 Å². The third-order valence-corrected chi connectivity index (χ3v) is 5.00. The van der Waals surface area contributed by atoms with Gasteiger partial charge in [-0.15, -0.1) is 0 Å². The zero-order valence-corrected chi connectivity index (χ0v) is 15.3. The average molecular weight is 378 g/mol. The molecular weight excluding hydrogens is 359 g/mol. The van der Waals surface area contributed by atoms with E-state index in [1.54, 1.807) is 18.3 Å². The van der Waals surface area contributed by atoms with Crippen LogP contribution >= 0.6 is 0 Å². The molecule has 0 aromatic carbocycles. The third kappa shape index (κ3) is 2.89. The predicted octanol–water partition coefficient (Wildman–Crippen LogP) is 2.34. The van der Waals surface area contributed by atoms with Crippen LogP contribution in [0.15, 0.2) is 36.5 Å². The van der Waals surface area contributed by atoms with Crippen LogP contribution in [-0.4, -0.2) is 50.0 Å². The van der Waals surface area contributed by atoms with Crippen LogP contribution in [0.4, 0.5) is 10.2 Å².